The van der Waals surface area contributed by atoms with E-state index in [4.69, 9.17) is 5.26 Å². The molecule has 1 atom stereocenters. The topological polar surface area (TPSA) is 50.1 Å². The predicted octanol–water partition coefficient (Wildman–Crippen LogP) is 1.58. The van der Waals surface area contributed by atoms with Gasteiger partial charge in [-0.15, -0.1) is 0 Å². The van der Waals surface area contributed by atoms with Crippen LogP contribution in [0.1, 0.15) is 26.7 Å². The summed E-state index contributed by atoms with van der Waals surface area (Å²) in [5.41, 5.74) is -2.45. The third kappa shape index (κ3) is 2.50. The molecule has 0 aromatic rings. The molecule has 3 nitrogen and oxygen atoms in total. The number of ether oxygens (including phenoxy) is 1. The van der Waals surface area contributed by atoms with Crippen LogP contribution in [0.25, 0.3) is 0 Å². The van der Waals surface area contributed by atoms with E-state index in [-0.39, 0.29) is 13.0 Å². The summed E-state index contributed by atoms with van der Waals surface area (Å²) in [4.78, 5) is 10.9. The zero-order valence-corrected chi connectivity index (χ0v) is 7.26. The van der Waals surface area contributed by atoms with Crippen LogP contribution in [-0.4, -0.2) is 18.2 Å². The van der Waals surface area contributed by atoms with E-state index in [1.54, 1.807) is 13.8 Å². The van der Waals surface area contributed by atoms with E-state index in [2.05, 4.69) is 4.74 Å². The van der Waals surface area contributed by atoms with E-state index in [1.807, 2.05) is 0 Å². The average Bonchev–Trinajstić information content (AvgIpc) is 2.05. The Morgan fingerprint density at radius 3 is 2.58 bits per heavy atom. The van der Waals surface area contributed by atoms with Gasteiger partial charge in [0.1, 0.15) is 6.07 Å². The van der Waals surface area contributed by atoms with Gasteiger partial charge in [-0.1, -0.05) is 13.3 Å². The molecule has 0 aromatic heterocycles. The van der Waals surface area contributed by atoms with Crippen molar-refractivity contribution in [3.05, 3.63) is 0 Å². The van der Waals surface area contributed by atoms with Crippen LogP contribution in [0.5, 0.6) is 0 Å². The zero-order valence-electron chi connectivity index (χ0n) is 7.26. The second-order valence-electron chi connectivity index (χ2n) is 2.38. The Bertz CT molecular complexity index is 200. The van der Waals surface area contributed by atoms with Gasteiger partial charge in [0.2, 0.25) is 0 Å². The molecule has 0 N–H and O–H groups in total. The van der Waals surface area contributed by atoms with Crippen LogP contribution in [0.4, 0.5) is 4.39 Å². The van der Waals surface area contributed by atoms with E-state index >= 15 is 0 Å². The number of nitriles is 1. The first-order valence-electron chi connectivity index (χ1n) is 3.88. The third-order valence-corrected chi connectivity index (χ3v) is 1.37. The van der Waals surface area contributed by atoms with Crippen molar-refractivity contribution in [2.45, 2.75) is 32.4 Å². The fourth-order valence-electron chi connectivity index (χ4n) is 0.794. The van der Waals surface area contributed by atoms with Gasteiger partial charge in [0, 0.05) is 6.42 Å². The Labute approximate surface area is 71.1 Å². The SMILES string of the molecule is CCCC(F)(C#N)C(=O)OCC. The van der Waals surface area contributed by atoms with E-state index in [9.17, 15) is 9.18 Å². The summed E-state index contributed by atoms with van der Waals surface area (Å²) in [5, 5.41) is 8.39. The normalized spacial score (nSPS) is 14.5. The molecule has 4 heteroatoms. The first-order chi connectivity index (χ1) is 5.60. The van der Waals surface area contributed by atoms with Crippen LogP contribution >= 0.6 is 0 Å². The van der Waals surface area contributed by atoms with Gasteiger partial charge >= 0.3 is 5.97 Å². The van der Waals surface area contributed by atoms with Crippen LogP contribution in [0.15, 0.2) is 0 Å². The van der Waals surface area contributed by atoms with Gasteiger partial charge < -0.3 is 4.74 Å². The third-order valence-electron chi connectivity index (χ3n) is 1.37. The van der Waals surface area contributed by atoms with Gasteiger partial charge in [0.25, 0.3) is 5.67 Å². The fraction of sp³-hybridized carbons (Fsp3) is 0.750. The van der Waals surface area contributed by atoms with Crippen molar-refractivity contribution in [3.8, 4) is 6.07 Å². The van der Waals surface area contributed by atoms with E-state index in [1.165, 1.54) is 6.07 Å². The highest BCUT2D eigenvalue weighted by atomic mass is 19.1. The standard InChI is InChI=1S/C8H12FNO2/c1-3-5-8(9,6-10)7(11)12-4-2/h3-5H2,1-2H3. The van der Waals surface area contributed by atoms with Crippen molar-refractivity contribution >= 4 is 5.97 Å². The molecule has 68 valence electrons. The monoisotopic (exact) mass is 173 g/mol. The second kappa shape index (κ2) is 4.70. The summed E-state index contributed by atoms with van der Waals surface area (Å²) in [5.74, 6) is -1.07. The van der Waals surface area contributed by atoms with Crippen LogP contribution < -0.4 is 0 Å². The molecule has 0 aliphatic heterocycles. The zero-order chi connectivity index (χ0) is 9.61. The Kier molecular flexibility index (Phi) is 4.27. The number of halogens is 1. The van der Waals surface area contributed by atoms with Crippen molar-refractivity contribution in [2.24, 2.45) is 0 Å². The molecule has 0 aromatic carbocycles. The largest absolute Gasteiger partial charge is 0.463 e. The molecule has 0 radical (unpaired) electrons. The highest BCUT2D eigenvalue weighted by Gasteiger charge is 2.39. The lowest BCUT2D eigenvalue weighted by molar-refractivity contribution is -0.153. The molecule has 0 saturated carbocycles. The molecule has 0 bridgehead atoms. The number of hydrogen-bond donors (Lipinski definition) is 0. The lowest BCUT2D eigenvalue weighted by Crippen LogP contribution is -2.33. The van der Waals surface area contributed by atoms with E-state index in [0.717, 1.165) is 0 Å². The molecule has 0 rings (SSSR count). The summed E-state index contributed by atoms with van der Waals surface area (Å²) < 4.78 is 17.7. The van der Waals surface area contributed by atoms with Crippen molar-refractivity contribution in [1.82, 2.24) is 0 Å². The molecular weight excluding hydrogens is 161 g/mol. The molecule has 0 fully saturated rings. The average molecular weight is 173 g/mol. The van der Waals surface area contributed by atoms with Crippen LogP contribution in [0, 0.1) is 11.3 Å². The van der Waals surface area contributed by atoms with Crippen LogP contribution in [0.3, 0.4) is 0 Å². The molecular formula is C8H12FNO2. The molecule has 0 amide bonds. The molecule has 0 spiro atoms. The number of rotatable bonds is 4. The van der Waals surface area contributed by atoms with Crippen molar-refractivity contribution in [3.63, 3.8) is 0 Å². The lowest BCUT2D eigenvalue weighted by atomic mass is 10.0. The minimum atomic E-state index is -2.45. The number of hydrogen-bond acceptors (Lipinski definition) is 3. The van der Waals surface area contributed by atoms with Crippen molar-refractivity contribution < 1.29 is 13.9 Å². The van der Waals surface area contributed by atoms with E-state index < -0.39 is 11.6 Å². The number of carbonyl (C=O) groups excluding carboxylic acids is 1. The Morgan fingerprint density at radius 1 is 1.67 bits per heavy atom. The maximum Gasteiger partial charge on any atom is 0.358 e. The highest BCUT2D eigenvalue weighted by molar-refractivity contribution is 5.82. The number of nitrogens with zero attached hydrogens (tertiary/aromatic N) is 1. The maximum atomic E-state index is 13.3. The van der Waals surface area contributed by atoms with Gasteiger partial charge in [0.15, 0.2) is 0 Å². The number of carbonyl (C=O) groups is 1. The van der Waals surface area contributed by atoms with Crippen molar-refractivity contribution in [1.29, 1.82) is 5.26 Å². The molecule has 0 heterocycles. The minimum absolute atomic E-state index is 0.0932. The summed E-state index contributed by atoms with van der Waals surface area (Å²) in [6.45, 7) is 3.36. The summed E-state index contributed by atoms with van der Waals surface area (Å²) in [6.07, 6.45) is 0.325. The number of esters is 1. The van der Waals surface area contributed by atoms with Gasteiger partial charge in [0.05, 0.1) is 6.61 Å². The highest BCUT2D eigenvalue weighted by Crippen LogP contribution is 2.18. The van der Waals surface area contributed by atoms with Gasteiger partial charge in [-0.25, -0.2) is 9.18 Å². The quantitative estimate of drug-likeness (QED) is 0.606. The first-order valence-corrected chi connectivity index (χ1v) is 3.88. The summed E-state index contributed by atoms with van der Waals surface area (Å²) in [7, 11) is 0. The van der Waals surface area contributed by atoms with Gasteiger partial charge in [-0.3, -0.25) is 0 Å². The minimum Gasteiger partial charge on any atom is -0.463 e. The number of alkyl halides is 1. The first kappa shape index (κ1) is 10.9. The molecule has 12 heavy (non-hydrogen) atoms. The molecule has 0 aliphatic rings. The van der Waals surface area contributed by atoms with Crippen LogP contribution in [-0.2, 0) is 9.53 Å². The maximum absolute atomic E-state index is 13.3. The lowest BCUT2D eigenvalue weighted by Gasteiger charge is -2.13. The van der Waals surface area contributed by atoms with Gasteiger partial charge in [-0.2, -0.15) is 5.26 Å². The van der Waals surface area contributed by atoms with E-state index in [0.29, 0.717) is 6.42 Å². The smallest absolute Gasteiger partial charge is 0.358 e. The van der Waals surface area contributed by atoms with Crippen LogP contribution in [0.2, 0.25) is 0 Å². The Balaban J connectivity index is 4.32. The molecule has 1 unspecified atom stereocenters. The second-order valence-corrected chi connectivity index (χ2v) is 2.38. The predicted molar refractivity (Wildman–Crippen MR) is 41.0 cm³/mol. The Morgan fingerprint density at radius 2 is 2.25 bits per heavy atom. The van der Waals surface area contributed by atoms with Gasteiger partial charge in [-0.05, 0) is 6.92 Å². The van der Waals surface area contributed by atoms with Crippen molar-refractivity contribution in [2.75, 3.05) is 6.61 Å². The fourth-order valence-corrected chi connectivity index (χ4v) is 0.794. The molecule has 0 saturated heterocycles. The Hall–Kier alpha value is -1.11. The summed E-state index contributed by atoms with van der Waals surface area (Å²) in [6, 6.07) is 1.32. The summed E-state index contributed by atoms with van der Waals surface area (Å²) >= 11 is 0. The molecule has 0 aliphatic carbocycles.